The molecule has 8 bridgehead atoms. The minimum absolute atomic E-state index is 0.247. The van der Waals surface area contributed by atoms with Crippen LogP contribution in [-0.2, 0) is 18.9 Å². The highest BCUT2D eigenvalue weighted by Gasteiger charge is 2.28. The standard InChI is InChI=1S/C52H42N6O8/c1-5-65-51(61)35-15-19-37(20-16-35)57-43-27-23-39(53-43)47(31-7-11-33(12-8-31)49(59)63-3)41-25-29-45(55-41)58(38-21-17-36(18-22-38)52(62)66-6-2)46-30-26-42(56-46)48(40-24-28-44(57)54-40)32-9-13-34(14-10-32)50(60)64-4/h7-30,53,56H,5-6H2,1-4H3. The first-order chi connectivity index (χ1) is 32.2. The summed E-state index contributed by atoms with van der Waals surface area (Å²) in [6.45, 7) is 4.02. The van der Waals surface area contributed by atoms with Gasteiger partial charge < -0.3 is 28.9 Å². The molecule has 3 aliphatic heterocycles. The lowest BCUT2D eigenvalue weighted by molar-refractivity contribution is 0.0517. The SMILES string of the molecule is CCOC(=O)c1ccc(N2C3=NC(=C(c4ccc(C(=O)OC)cc4)c4ccc([nH]4)N(c4ccc(C(=O)OCC)cc4)C4=NC(=C(c5ccc(C(=O)OC)cc5)c5ccc2[nH]5)C=C4)C=C3)cc1. The number of methoxy groups -OCH3 is 2. The highest BCUT2D eigenvalue weighted by Crippen LogP contribution is 2.39. The monoisotopic (exact) mass is 878 g/mol. The van der Waals surface area contributed by atoms with Crippen molar-refractivity contribution < 1.29 is 38.1 Å². The van der Waals surface area contributed by atoms with E-state index >= 15 is 0 Å². The maximum Gasteiger partial charge on any atom is 0.338 e. The Kier molecular flexibility index (Phi) is 11.7. The topological polar surface area (TPSA) is 168 Å². The van der Waals surface area contributed by atoms with Crippen LogP contribution in [0.4, 0.5) is 23.0 Å². The molecule has 5 heterocycles. The zero-order valence-corrected chi connectivity index (χ0v) is 36.3. The van der Waals surface area contributed by atoms with Crippen molar-refractivity contribution in [3.05, 3.63) is 202 Å². The van der Waals surface area contributed by atoms with Gasteiger partial charge in [-0.05, 0) is 146 Å². The number of aliphatic imine (C=N–C) groups is 2. The van der Waals surface area contributed by atoms with Gasteiger partial charge in [-0.25, -0.2) is 29.2 Å². The second kappa shape index (κ2) is 18.1. The summed E-state index contributed by atoms with van der Waals surface area (Å²) in [6.07, 6.45) is 7.69. The summed E-state index contributed by atoms with van der Waals surface area (Å²) in [4.78, 5) is 72.2. The predicted octanol–water partition coefficient (Wildman–Crippen LogP) is 9.71. The highest BCUT2D eigenvalue weighted by atomic mass is 16.5. The van der Waals surface area contributed by atoms with Crippen LogP contribution >= 0.6 is 0 Å². The molecule has 3 aliphatic rings. The van der Waals surface area contributed by atoms with Crippen LogP contribution in [0, 0.1) is 0 Å². The number of aromatic amines is 2. The summed E-state index contributed by atoms with van der Waals surface area (Å²) in [5.74, 6) is 0.645. The Hall–Kier alpha value is -8.78. The molecular formula is C52H42N6O8. The van der Waals surface area contributed by atoms with Crippen LogP contribution < -0.4 is 9.80 Å². The van der Waals surface area contributed by atoms with E-state index in [2.05, 4.69) is 9.97 Å². The Bertz CT molecular complexity index is 2870. The molecule has 2 aromatic heterocycles. The first-order valence-corrected chi connectivity index (χ1v) is 21.1. The number of esters is 4. The van der Waals surface area contributed by atoms with Crippen molar-refractivity contribution in [1.29, 1.82) is 0 Å². The number of ether oxygens (including phenoxy) is 4. The molecule has 0 amide bonds. The molecule has 0 atom stereocenters. The summed E-state index contributed by atoms with van der Waals surface area (Å²) < 4.78 is 20.5. The van der Waals surface area contributed by atoms with Gasteiger partial charge in [0.2, 0.25) is 0 Å². The number of nitrogens with zero attached hydrogens (tertiary/aromatic N) is 4. The van der Waals surface area contributed by atoms with Gasteiger partial charge in [0.25, 0.3) is 0 Å². The van der Waals surface area contributed by atoms with Gasteiger partial charge >= 0.3 is 23.9 Å². The third-order valence-corrected chi connectivity index (χ3v) is 11.0. The second-order valence-corrected chi connectivity index (χ2v) is 15.0. The van der Waals surface area contributed by atoms with Crippen molar-refractivity contribution in [1.82, 2.24) is 9.97 Å². The number of anilines is 4. The van der Waals surface area contributed by atoms with E-state index in [9.17, 15) is 19.2 Å². The first kappa shape index (κ1) is 42.5. The molecule has 0 unspecified atom stereocenters. The number of benzene rings is 4. The highest BCUT2D eigenvalue weighted by molar-refractivity contribution is 6.15. The lowest BCUT2D eigenvalue weighted by Crippen LogP contribution is -2.24. The molecule has 0 saturated carbocycles. The van der Waals surface area contributed by atoms with Crippen LogP contribution in [0.2, 0.25) is 0 Å². The Balaban J connectivity index is 1.28. The lowest BCUT2D eigenvalue weighted by atomic mass is 9.99. The zero-order chi connectivity index (χ0) is 45.9. The van der Waals surface area contributed by atoms with E-state index in [4.69, 9.17) is 28.9 Å². The first-order valence-electron chi connectivity index (χ1n) is 21.1. The number of amidine groups is 2. The Morgan fingerprint density at radius 2 is 0.803 bits per heavy atom. The Morgan fingerprint density at radius 1 is 0.455 bits per heavy atom. The lowest BCUT2D eigenvalue weighted by Gasteiger charge is -2.23. The number of fused-ring (bicyclic) bond motifs is 6. The fraction of sp³-hybridized carbons (Fsp3) is 0.115. The van der Waals surface area contributed by atoms with Crippen molar-refractivity contribution in [3.8, 4) is 0 Å². The molecule has 2 N–H and O–H groups in total. The van der Waals surface area contributed by atoms with Crippen LogP contribution in [0.25, 0.3) is 11.1 Å². The number of allylic oxidation sites excluding steroid dienone is 2. The maximum absolute atomic E-state index is 12.7. The largest absolute Gasteiger partial charge is 0.465 e. The molecule has 328 valence electrons. The number of H-pyrrole nitrogens is 2. The number of rotatable bonds is 10. The summed E-state index contributed by atoms with van der Waals surface area (Å²) in [7, 11) is 2.68. The number of carbonyl (C=O) groups excluding carboxylic acids is 4. The number of hydrogen-bond donors (Lipinski definition) is 2. The second-order valence-electron chi connectivity index (χ2n) is 15.0. The molecule has 14 heteroatoms. The molecule has 66 heavy (non-hydrogen) atoms. The van der Waals surface area contributed by atoms with E-state index in [1.54, 1.807) is 62.4 Å². The van der Waals surface area contributed by atoms with Gasteiger partial charge in [-0.2, -0.15) is 0 Å². The van der Waals surface area contributed by atoms with Gasteiger partial charge in [0.1, 0.15) is 23.3 Å². The third-order valence-electron chi connectivity index (χ3n) is 11.0. The zero-order valence-electron chi connectivity index (χ0n) is 36.3. The summed E-state index contributed by atoms with van der Waals surface area (Å²) in [5, 5.41) is 0. The summed E-state index contributed by atoms with van der Waals surface area (Å²) in [6, 6.07) is 36.2. The van der Waals surface area contributed by atoms with Crippen LogP contribution in [0.5, 0.6) is 0 Å². The molecule has 0 spiro atoms. The van der Waals surface area contributed by atoms with E-state index in [0.717, 1.165) is 22.3 Å². The van der Waals surface area contributed by atoms with Gasteiger partial charge in [0.15, 0.2) is 0 Å². The van der Waals surface area contributed by atoms with Crippen LogP contribution in [0.1, 0.15) is 77.8 Å². The molecule has 6 aromatic rings. The van der Waals surface area contributed by atoms with Crippen LogP contribution in [-0.4, -0.2) is 72.9 Å². The minimum atomic E-state index is -0.458. The smallest absolute Gasteiger partial charge is 0.338 e. The molecule has 0 fully saturated rings. The van der Waals surface area contributed by atoms with Gasteiger partial charge in [-0.15, -0.1) is 0 Å². The van der Waals surface area contributed by atoms with Crippen molar-refractivity contribution in [2.45, 2.75) is 13.8 Å². The van der Waals surface area contributed by atoms with Crippen molar-refractivity contribution in [2.75, 3.05) is 37.2 Å². The van der Waals surface area contributed by atoms with Crippen LogP contribution in [0.15, 0.2) is 167 Å². The molecule has 4 aromatic carbocycles. The van der Waals surface area contributed by atoms with E-state index in [0.29, 0.717) is 79.7 Å². The van der Waals surface area contributed by atoms with E-state index < -0.39 is 23.9 Å². The number of nitrogens with one attached hydrogen (secondary N) is 2. The van der Waals surface area contributed by atoms with E-state index in [1.165, 1.54) is 14.2 Å². The van der Waals surface area contributed by atoms with Gasteiger partial charge in [-0.1, -0.05) is 24.3 Å². The third kappa shape index (κ3) is 8.14. The average molecular weight is 879 g/mol. The molecule has 0 radical (unpaired) electrons. The molecule has 0 aliphatic carbocycles. The normalized spacial score (nSPS) is 14.0. The number of aromatic nitrogens is 2. The minimum Gasteiger partial charge on any atom is -0.465 e. The summed E-state index contributed by atoms with van der Waals surface area (Å²) in [5.41, 5.74) is 8.66. The van der Waals surface area contributed by atoms with E-state index in [1.807, 2.05) is 107 Å². The molecule has 9 rings (SSSR count). The Labute approximate surface area is 379 Å². The van der Waals surface area contributed by atoms with Crippen molar-refractivity contribution in [3.63, 3.8) is 0 Å². The quantitative estimate of drug-likeness (QED) is 0.0999. The number of hydrogen-bond acceptors (Lipinski definition) is 12. The molecule has 0 saturated heterocycles. The summed E-state index contributed by atoms with van der Waals surface area (Å²) >= 11 is 0. The predicted molar refractivity (Wildman–Crippen MR) is 251 cm³/mol. The van der Waals surface area contributed by atoms with Gasteiger partial charge in [0.05, 0.1) is 61.1 Å². The molecule has 14 nitrogen and oxygen atoms in total. The van der Waals surface area contributed by atoms with Gasteiger partial charge in [0, 0.05) is 33.9 Å². The fourth-order valence-corrected chi connectivity index (χ4v) is 7.93. The molecular weight excluding hydrogens is 837 g/mol. The number of carbonyl (C=O) groups is 4. The van der Waals surface area contributed by atoms with Gasteiger partial charge in [-0.3, -0.25) is 9.80 Å². The maximum atomic E-state index is 12.7. The van der Waals surface area contributed by atoms with E-state index in [-0.39, 0.29) is 13.2 Å². The van der Waals surface area contributed by atoms with Crippen LogP contribution in [0.3, 0.4) is 0 Å². The van der Waals surface area contributed by atoms with Crippen molar-refractivity contribution in [2.24, 2.45) is 9.98 Å². The Morgan fingerprint density at radius 3 is 1.15 bits per heavy atom. The fourth-order valence-electron chi connectivity index (χ4n) is 7.93. The van der Waals surface area contributed by atoms with Crippen molar-refractivity contribution >= 4 is 69.7 Å². The average Bonchev–Trinajstić information content (AvgIpc) is 4.21.